The molecule has 0 aliphatic heterocycles. The van der Waals surface area contributed by atoms with Gasteiger partial charge in [-0.25, -0.2) is 4.98 Å². The van der Waals surface area contributed by atoms with Gasteiger partial charge in [-0.1, -0.05) is 18.6 Å². The van der Waals surface area contributed by atoms with Crippen molar-refractivity contribution in [3.63, 3.8) is 0 Å². The van der Waals surface area contributed by atoms with E-state index in [1.54, 1.807) is 23.7 Å². The fraction of sp³-hybridized carbons (Fsp3) is 0.333. The van der Waals surface area contributed by atoms with Crippen molar-refractivity contribution >= 4 is 33.8 Å². The van der Waals surface area contributed by atoms with Crippen LogP contribution in [0.2, 0.25) is 0 Å². The fourth-order valence-electron chi connectivity index (χ4n) is 4.14. The molecule has 0 spiro atoms. The molecule has 3 aromatic heterocycles. The Kier molecular flexibility index (Phi) is 4.56. The summed E-state index contributed by atoms with van der Waals surface area (Å²) in [5, 5.41) is 10.7. The SMILES string of the molecule is O=C(CC1CCC1)Nc1csc(-c2cncc(-c3ccc4cnn(C5CC5)c4c3)n2)c1. The summed E-state index contributed by atoms with van der Waals surface area (Å²) in [6, 6.07) is 8.87. The molecular weight excluding hydrogens is 406 g/mol. The largest absolute Gasteiger partial charge is 0.325 e. The van der Waals surface area contributed by atoms with Crippen molar-refractivity contribution in [1.29, 1.82) is 0 Å². The number of aromatic nitrogens is 4. The first-order chi connectivity index (χ1) is 15.2. The van der Waals surface area contributed by atoms with Gasteiger partial charge in [-0.05, 0) is 43.7 Å². The van der Waals surface area contributed by atoms with Crippen LogP contribution < -0.4 is 5.32 Å². The topological polar surface area (TPSA) is 72.7 Å². The first-order valence-corrected chi connectivity index (χ1v) is 11.8. The predicted octanol–water partition coefficient (Wildman–Crippen LogP) is 5.69. The van der Waals surface area contributed by atoms with Gasteiger partial charge in [0.05, 0.1) is 52.1 Å². The molecule has 6 rings (SSSR count). The lowest BCUT2D eigenvalue weighted by molar-refractivity contribution is -0.117. The molecule has 1 N–H and O–H groups in total. The summed E-state index contributed by atoms with van der Waals surface area (Å²) in [6.07, 6.45) is 12.2. The second kappa shape index (κ2) is 7.57. The molecule has 2 saturated carbocycles. The number of carbonyl (C=O) groups excluding carboxylic acids is 1. The Bertz CT molecular complexity index is 1270. The van der Waals surface area contributed by atoms with Crippen LogP contribution in [0.3, 0.4) is 0 Å². The summed E-state index contributed by atoms with van der Waals surface area (Å²) in [5.41, 5.74) is 4.69. The van der Waals surface area contributed by atoms with Crippen molar-refractivity contribution in [2.75, 3.05) is 5.32 Å². The van der Waals surface area contributed by atoms with E-state index in [-0.39, 0.29) is 5.91 Å². The van der Waals surface area contributed by atoms with Crippen molar-refractivity contribution < 1.29 is 4.79 Å². The van der Waals surface area contributed by atoms with E-state index >= 15 is 0 Å². The third kappa shape index (κ3) is 3.74. The van der Waals surface area contributed by atoms with E-state index in [4.69, 9.17) is 4.98 Å². The zero-order chi connectivity index (χ0) is 20.8. The molecule has 1 aromatic carbocycles. The van der Waals surface area contributed by atoms with Gasteiger partial charge in [-0.2, -0.15) is 5.10 Å². The van der Waals surface area contributed by atoms with Crippen LogP contribution in [0.5, 0.6) is 0 Å². The van der Waals surface area contributed by atoms with Gasteiger partial charge in [0.1, 0.15) is 0 Å². The Morgan fingerprint density at radius 3 is 2.77 bits per heavy atom. The Morgan fingerprint density at radius 2 is 1.97 bits per heavy atom. The zero-order valence-electron chi connectivity index (χ0n) is 17.1. The first-order valence-electron chi connectivity index (χ1n) is 10.9. The zero-order valence-corrected chi connectivity index (χ0v) is 17.9. The summed E-state index contributed by atoms with van der Waals surface area (Å²) >= 11 is 1.57. The Balaban J connectivity index is 1.24. The highest BCUT2D eigenvalue weighted by molar-refractivity contribution is 7.14. The van der Waals surface area contributed by atoms with Crippen molar-refractivity contribution in [2.45, 2.75) is 44.6 Å². The van der Waals surface area contributed by atoms with Crippen LogP contribution in [-0.2, 0) is 4.79 Å². The van der Waals surface area contributed by atoms with Gasteiger partial charge in [-0.15, -0.1) is 11.3 Å². The molecule has 31 heavy (non-hydrogen) atoms. The highest BCUT2D eigenvalue weighted by Crippen LogP contribution is 2.37. The summed E-state index contributed by atoms with van der Waals surface area (Å²) in [5.74, 6) is 0.670. The second-order valence-electron chi connectivity index (χ2n) is 8.63. The molecule has 2 fully saturated rings. The average Bonchev–Trinajstić information content (AvgIpc) is 3.34. The highest BCUT2D eigenvalue weighted by Gasteiger charge is 2.26. The third-order valence-electron chi connectivity index (χ3n) is 6.26. The van der Waals surface area contributed by atoms with Crippen LogP contribution in [0.4, 0.5) is 5.69 Å². The van der Waals surface area contributed by atoms with Crippen LogP contribution in [0.15, 0.2) is 48.2 Å². The fourth-order valence-corrected chi connectivity index (χ4v) is 4.93. The molecule has 6 nitrogen and oxygen atoms in total. The van der Waals surface area contributed by atoms with E-state index in [2.05, 4.69) is 38.3 Å². The van der Waals surface area contributed by atoms with Crippen molar-refractivity contribution in [3.8, 4) is 21.8 Å². The van der Waals surface area contributed by atoms with Gasteiger partial charge in [-0.3, -0.25) is 14.5 Å². The Hall–Kier alpha value is -3.06. The molecular formula is C24H23N5OS. The standard InChI is InChI=1S/C24H23N5OS/c30-24(8-15-2-1-3-15)27-18-10-23(31-14-18)21-13-25-12-20(28-21)16-4-5-17-11-26-29(19-6-7-19)22(17)9-16/h4-5,9-15,19H,1-3,6-8H2,(H,27,30). The summed E-state index contributed by atoms with van der Waals surface area (Å²) < 4.78 is 2.13. The Morgan fingerprint density at radius 1 is 1.10 bits per heavy atom. The number of fused-ring (bicyclic) bond motifs is 1. The van der Waals surface area contributed by atoms with Crippen LogP contribution in [-0.4, -0.2) is 25.7 Å². The molecule has 0 atom stereocenters. The van der Waals surface area contributed by atoms with E-state index < -0.39 is 0 Å². The van der Waals surface area contributed by atoms with E-state index in [0.29, 0.717) is 18.4 Å². The van der Waals surface area contributed by atoms with Crippen LogP contribution in [0.25, 0.3) is 32.7 Å². The summed E-state index contributed by atoms with van der Waals surface area (Å²) in [4.78, 5) is 22.5. The van der Waals surface area contributed by atoms with Crippen LogP contribution in [0, 0.1) is 5.92 Å². The van der Waals surface area contributed by atoms with Gasteiger partial charge in [0, 0.05) is 22.8 Å². The smallest absolute Gasteiger partial charge is 0.224 e. The minimum atomic E-state index is 0.106. The maximum atomic E-state index is 12.2. The lowest BCUT2D eigenvalue weighted by Crippen LogP contribution is -2.20. The number of carbonyl (C=O) groups is 1. The number of nitrogens with one attached hydrogen (secondary N) is 1. The number of benzene rings is 1. The number of rotatable bonds is 6. The van der Waals surface area contributed by atoms with Gasteiger partial charge in [0.15, 0.2) is 0 Å². The number of anilines is 1. The van der Waals surface area contributed by atoms with E-state index in [1.807, 2.05) is 17.6 Å². The third-order valence-corrected chi connectivity index (χ3v) is 7.21. The van der Waals surface area contributed by atoms with Gasteiger partial charge in [0.25, 0.3) is 0 Å². The lowest BCUT2D eigenvalue weighted by atomic mass is 9.83. The lowest BCUT2D eigenvalue weighted by Gasteiger charge is -2.24. The second-order valence-corrected chi connectivity index (χ2v) is 9.54. The summed E-state index contributed by atoms with van der Waals surface area (Å²) in [7, 11) is 0. The quantitative estimate of drug-likeness (QED) is 0.428. The molecule has 7 heteroatoms. The molecule has 0 bridgehead atoms. The predicted molar refractivity (Wildman–Crippen MR) is 123 cm³/mol. The van der Waals surface area contributed by atoms with Crippen molar-refractivity contribution in [1.82, 2.24) is 19.7 Å². The Labute approximate surface area is 184 Å². The molecule has 4 aromatic rings. The molecule has 156 valence electrons. The molecule has 2 aliphatic rings. The number of amides is 1. The molecule has 0 unspecified atom stereocenters. The van der Waals surface area contributed by atoms with E-state index in [9.17, 15) is 4.79 Å². The molecule has 0 radical (unpaired) electrons. The molecule has 1 amide bonds. The minimum absolute atomic E-state index is 0.106. The molecule has 0 saturated heterocycles. The molecule has 3 heterocycles. The number of nitrogens with zero attached hydrogens (tertiary/aromatic N) is 4. The highest BCUT2D eigenvalue weighted by atomic mass is 32.1. The maximum Gasteiger partial charge on any atom is 0.224 e. The van der Waals surface area contributed by atoms with E-state index in [1.165, 1.54) is 32.1 Å². The number of hydrogen-bond acceptors (Lipinski definition) is 5. The average molecular weight is 430 g/mol. The minimum Gasteiger partial charge on any atom is -0.325 e. The van der Waals surface area contributed by atoms with E-state index in [0.717, 1.165) is 38.4 Å². The first kappa shape index (κ1) is 18.7. The van der Waals surface area contributed by atoms with Crippen molar-refractivity contribution in [2.24, 2.45) is 5.92 Å². The number of hydrogen-bond donors (Lipinski definition) is 1. The normalized spacial score (nSPS) is 16.4. The monoisotopic (exact) mass is 429 g/mol. The van der Waals surface area contributed by atoms with Crippen LogP contribution >= 0.6 is 11.3 Å². The van der Waals surface area contributed by atoms with Gasteiger partial charge in [0.2, 0.25) is 5.91 Å². The van der Waals surface area contributed by atoms with Crippen LogP contribution in [0.1, 0.15) is 44.6 Å². The number of thiophene rings is 1. The van der Waals surface area contributed by atoms with Gasteiger partial charge >= 0.3 is 0 Å². The summed E-state index contributed by atoms with van der Waals surface area (Å²) in [6.45, 7) is 0. The van der Waals surface area contributed by atoms with Gasteiger partial charge < -0.3 is 5.32 Å². The molecule has 2 aliphatic carbocycles. The maximum absolute atomic E-state index is 12.2. The van der Waals surface area contributed by atoms with Crippen molar-refractivity contribution in [3.05, 3.63) is 48.2 Å².